The van der Waals surface area contributed by atoms with Crippen LogP contribution in [0.5, 0.6) is 0 Å². The zero-order valence-corrected chi connectivity index (χ0v) is 20.8. The van der Waals surface area contributed by atoms with Gasteiger partial charge in [0.2, 0.25) is 0 Å². The summed E-state index contributed by atoms with van der Waals surface area (Å²) in [5, 5.41) is 0. The molecule has 0 saturated carbocycles. The van der Waals surface area contributed by atoms with Crippen molar-refractivity contribution < 1.29 is 47.5 Å². The Kier molecular flexibility index (Phi) is 20.4. The average molecular weight is 501 g/mol. The summed E-state index contributed by atoms with van der Waals surface area (Å²) in [5.74, 6) is -1.49. The largest absolute Gasteiger partial charge is 0.460 e. The molecule has 0 aromatic rings. The molecule has 0 aliphatic carbocycles. The third-order valence-corrected chi connectivity index (χ3v) is 4.66. The van der Waals surface area contributed by atoms with Crippen LogP contribution in [-0.2, 0) is 47.5 Å². The zero-order valence-electron chi connectivity index (χ0n) is 20.8. The van der Waals surface area contributed by atoms with Gasteiger partial charge in [-0.3, -0.25) is 0 Å². The normalized spacial score (nSPS) is 10.9. The van der Waals surface area contributed by atoms with Crippen molar-refractivity contribution in [2.45, 2.75) is 26.2 Å². The lowest BCUT2D eigenvalue weighted by molar-refractivity contribution is -0.141. The zero-order chi connectivity index (χ0) is 26.2. The highest BCUT2D eigenvalue weighted by Crippen LogP contribution is 2.30. The van der Waals surface area contributed by atoms with Gasteiger partial charge in [0.15, 0.2) is 0 Å². The molecule has 35 heavy (non-hydrogen) atoms. The molecule has 200 valence electrons. The number of ether oxygens (including phenoxy) is 7. The van der Waals surface area contributed by atoms with Crippen molar-refractivity contribution in [1.29, 1.82) is 0 Å². The Labute approximate surface area is 208 Å². The van der Waals surface area contributed by atoms with Crippen LogP contribution in [0.3, 0.4) is 0 Å². The molecule has 0 unspecified atom stereocenters. The Morgan fingerprint density at radius 1 is 0.571 bits per heavy atom. The summed E-state index contributed by atoms with van der Waals surface area (Å²) in [5.41, 5.74) is -0.334. The van der Waals surface area contributed by atoms with E-state index in [1.807, 2.05) is 0 Å². The molecular weight excluding hydrogens is 460 g/mol. The maximum absolute atomic E-state index is 11.2. The van der Waals surface area contributed by atoms with E-state index < -0.39 is 17.9 Å². The molecule has 0 heterocycles. The maximum Gasteiger partial charge on any atom is 0.330 e. The number of hydrogen-bond acceptors (Lipinski definition) is 10. The molecule has 0 fully saturated rings. The lowest BCUT2D eigenvalue weighted by atomic mass is 9.82. The molecule has 0 N–H and O–H groups in total. The van der Waals surface area contributed by atoms with Gasteiger partial charge in [-0.2, -0.15) is 0 Å². The topological polar surface area (TPSA) is 116 Å². The minimum absolute atomic E-state index is 0.126. The van der Waals surface area contributed by atoms with Crippen LogP contribution < -0.4 is 0 Å². The number of hydrogen-bond donors (Lipinski definition) is 0. The van der Waals surface area contributed by atoms with Crippen LogP contribution in [0.4, 0.5) is 0 Å². The van der Waals surface area contributed by atoms with E-state index >= 15 is 0 Å². The molecule has 0 amide bonds. The van der Waals surface area contributed by atoms with Gasteiger partial charge >= 0.3 is 17.9 Å². The summed E-state index contributed by atoms with van der Waals surface area (Å²) in [6.45, 7) is 15.2. The fraction of sp³-hybridized carbons (Fsp3) is 0.640. The molecule has 0 spiro atoms. The van der Waals surface area contributed by atoms with Crippen LogP contribution in [0.2, 0.25) is 0 Å². The lowest BCUT2D eigenvalue weighted by Crippen LogP contribution is -2.35. The van der Waals surface area contributed by atoms with Gasteiger partial charge in [-0.05, 0) is 12.8 Å². The molecule has 0 rings (SSSR count). The summed E-state index contributed by atoms with van der Waals surface area (Å²) in [4.78, 5) is 33.3. The Morgan fingerprint density at radius 3 is 1.34 bits per heavy atom. The van der Waals surface area contributed by atoms with E-state index in [9.17, 15) is 14.4 Å². The molecule has 0 aromatic heterocycles. The van der Waals surface area contributed by atoms with Crippen LogP contribution in [0.1, 0.15) is 26.2 Å². The quantitative estimate of drug-likeness (QED) is 0.0847. The fourth-order valence-electron chi connectivity index (χ4n) is 2.95. The van der Waals surface area contributed by atoms with Crippen molar-refractivity contribution in [3.05, 3.63) is 38.0 Å². The highest BCUT2D eigenvalue weighted by atomic mass is 16.6. The van der Waals surface area contributed by atoms with Gasteiger partial charge in [0.25, 0.3) is 0 Å². The predicted molar refractivity (Wildman–Crippen MR) is 129 cm³/mol. The van der Waals surface area contributed by atoms with Gasteiger partial charge < -0.3 is 33.2 Å². The Hall–Kier alpha value is -2.53. The van der Waals surface area contributed by atoms with Crippen molar-refractivity contribution >= 4 is 17.9 Å². The van der Waals surface area contributed by atoms with E-state index in [2.05, 4.69) is 26.7 Å². The molecule has 0 aliphatic rings. The van der Waals surface area contributed by atoms with Gasteiger partial charge in [0, 0.05) is 30.2 Å². The summed E-state index contributed by atoms with van der Waals surface area (Å²) in [7, 11) is 0. The molecule has 10 heteroatoms. The van der Waals surface area contributed by atoms with Crippen molar-refractivity contribution in [3.8, 4) is 0 Å². The second-order valence-corrected chi connectivity index (χ2v) is 7.44. The first kappa shape index (κ1) is 32.5. The number of esters is 3. The first-order chi connectivity index (χ1) is 16.9. The van der Waals surface area contributed by atoms with Crippen LogP contribution >= 0.6 is 0 Å². The summed E-state index contributed by atoms with van der Waals surface area (Å²) < 4.78 is 37.4. The average Bonchev–Trinajstić information content (AvgIpc) is 2.86. The van der Waals surface area contributed by atoms with Crippen molar-refractivity contribution in [1.82, 2.24) is 0 Å². The summed E-state index contributed by atoms with van der Waals surface area (Å²) in [6, 6.07) is 0. The van der Waals surface area contributed by atoms with E-state index in [4.69, 9.17) is 33.2 Å². The number of carbonyl (C=O) groups is 3. The molecule has 0 radical (unpaired) electrons. The van der Waals surface area contributed by atoms with Crippen molar-refractivity contribution in [2.75, 3.05) is 72.7 Å². The highest BCUT2D eigenvalue weighted by Gasteiger charge is 2.30. The monoisotopic (exact) mass is 500 g/mol. The Morgan fingerprint density at radius 2 is 0.943 bits per heavy atom. The second kappa shape index (κ2) is 22.0. The van der Waals surface area contributed by atoms with E-state index in [0.29, 0.717) is 39.5 Å². The molecule has 0 saturated heterocycles. The third kappa shape index (κ3) is 18.5. The van der Waals surface area contributed by atoms with Gasteiger partial charge in [0.1, 0.15) is 19.8 Å². The van der Waals surface area contributed by atoms with E-state index in [1.165, 1.54) is 0 Å². The Bertz CT molecular complexity index is 602. The van der Waals surface area contributed by atoms with Gasteiger partial charge in [-0.25, -0.2) is 14.4 Å². The minimum Gasteiger partial charge on any atom is -0.460 e. The second-order valence-electron chi connectivity index (χ2n) is 7.44. The molecular formula is C25H40O10. The standard InChI is InChI=1S/C25H40O10/c1-5-9-25(20-31-15-18-34-23(27)7-3,21-32-16-19-35-24(28)8-4)10-11-29-12-13-30-14-17-33-22(26)6-2/h6-8H,2-5,9-21H2,1H3. The smallest absolute Gasteiger partial charge is 0.330 e. The maximum atomic E-state index is 11.2. The summed E-state index contributed by atoms with van der Waals surface area (Å²) in [6.07, 6.45) is 5.68. The van der Waals surface area contributed by atoms with Gasteiger partial charge in [0.05, 0.1) is 46.2 Å². The van der Waals surface area contributed by atoms with Crippen molar-refractivity contribution in [2.24, 2.45) is 5.41 Å². The van der Waals surface area contributed by atoms with Gasteiger partial charge in [-0.1, -0.05) is 33.1 Å². The van der Waals surface area contributed by atoms with Gasteiger partial charge in [-0.15, -0.1) is 0 Å². The van der Waals surface area contributed by atoms with Crippen LogP contribution in [0.25, 0.3) is 0 Å². The Balaban J connectivity index is 4.52. The fourth-order valence-corrected chi connectivity index (χ4v) is 2.95. The van der Waals surface area contributed by atoms with E-state index in [-0.39, 0.29) is 45.1 Å². The molecule has 0 aromatic carbocycles. The SMILES string of the molecule is C=CC(=O)OCCOCCOCCC(CCC)(COCCOC(=O)C=C)COCCOC(=O)C=C. The summed E-state index contributed by atoms with van der Waals surface area (Å²) >= 11 is 0. The van der Waals surface area contributed by atoms with Crippen LogP contribution in [-0.4, -0.2) is 90.6 Å². The first-order valence-electron chi connectivity index (χ1n) is 11.6. The predicted octanol–water partition coefficient (Wildman–Crippen LogP) is 2.42. The van der Waals surface area contributed by atoms with Crippen LogP contribution in [0, 0.1) is 5.41 Å². The molecule has 0 aliphatic heterocycles. The van der Waals surface area contributed by atoms with E-state index in [0.717, 1.165) is 31.1 Å². The lowest BCUT2D eigenvalue weighted by Gasteiger charge is -2.33. The van der Waals surface area contributed by atoms with E-state index in [1.54, 1.807) is 0 Å². The van der Waals surface area contributed by atoms with Crippen LogP contribution in [0.15, 0.2) is 38.0 Å². The molecule has 0 atom stereocenters. The van der Waals surface area contributed by atoms with Crippen molar-refractivity contribution in [3.63, 3.8) is 0 Å². The number of rotatable bonds is 24. The first-order valence-corrected chi connectivity index (χ1v) is 11.6. The highest BCUT2D eigenvalue weighted by molar-refractivity contribution is 5.81. The third-order valence-electron chi connectivity index (χ3n) is 4.66. The molecule has 0 bridgehead atoms. The minimum atomic E-state index is -0.500. The molecule has 10 nitrogen and oxygen atoms in total. The number of carbonyl (C=O) groups excluding carboxylic acids is 3.